The zero-order chi connectivity index (χ0) is 13.5. The van der Waals surface area contributed by atoms with E-state index in [-0.39, 0.29) is 0 Å². The standard InChI is InChI=1S/C16H25NO2/c1-13-7-8-14(9-13)10-17-11-15(18)12-19-16-5-3-2-4-6-16/h2-6,13-15,17-18H,7-12H2,1H3. The first-order valence-electron chi connectivity index (χ1n) is 7.30. The van der Waals surface area contributed by atoms with Crippen LogP contribution in [0.25, 0.3) is 0 Å². The molecule has 0 bridgehead atoms. The molecule has 0 spiro atoms. The molecule has 0 saturated heterocycles. The van der Waals surface area contributed by atoms with Crippen LogP contribution in [0.15, 0.2) is 30.3 Å². The van der Waals surface area contributed by atoms with Crippen molar-refractivity contribution in [3.05, 3.63) is 30.3 Å². The summed E-state index contributed by atoms with van der Waals surface area (Å²) in [4.78, 5) is 0. The molecule has 1 fully saturated rings. The Bertz CT molecular complexity index is 355. The lowest BCUT2D eigenvalue weighted by Gasteiger charge is -2.15. The lowest BCUT2D eigenvalue weighted by molar-refractivity contribution is 0.105. The van der Waals surface area contributed by atoms with Crippen molar-refractivity contribution in [2.24, 2.45) is 11.8 Å². The van der Waals surface area contributed by atoms with Gasteiger partial charge in [0.25, 0.3) is 0 Å². The average molecular weight is 263 g/mol. The number of hydrogen-bond donors (Lipinski definition) is 2. The van der Waals surface area contributed by atoms with Gasteiger partial charge in [-0.25, -0.2) is 0 Å². The number of aliphatic hydroxyl groups is 1. The van der Waals surface area contributed by atoms with Gasteiger partial charge in [0, 0.05) is 6.54 Å². The Morgan fingerprint density at radius 2 is 2.11 bits per heavy atom. The maximum Gasteiger partial charge on any atom is 0.119 e. The van der Waals surface area contributed by atoms with Gasteiger partial charge in [-0.2, -0.15) is 0 Å². The smallest absolute Gasteiger partial charge is 0.119 e. The number of aliphatic hydroxyl groups excluding tert-OH is 1. The Morgan fingerprint density at radius 1 is 1.32 bits per heavy atom. The summed E-state index contributed by atoms with van der Waals surface area (Å²) in [5, 5.41) is 13.2. The fourth-order valence-electron chi connectivity index (χ4n) is 2.73. The maximum absolute atomic E-state index is 9.85. The lowest BCUT2D eigenvalue weighted by Crippen LogP contribution is -2.33. The summed E-state index contributed by atoms with van der Waals surface area (Å²) >= 11 is 0. The molecular formula is C16H25NO2. The van der Waals surface area contributed by atoms with E-state index in [0.29, 0.717) is 13.2 Å². The minimum absolute atomic E-state index is 0.345. The molecule has 1 aliphatic rings. The van der Waals surface area contributed by atoms with Crippen LogP contribution >= 0.6 is 0 Å². The van der Waals surface area contributed by atoms with E-state index in [1.54, 1.807) is 0 Å². The molecule has 0 aromatic heterocycles. The van der Waals surface area contributed by atoms with Crippen LogP contribution < -0.4 is 10.1 Å². The van der Waals surface area contributed by atoms with E-state index >= 15 is 0 Å². The monoisotopic (exact) mass is 263 g/mol. The number of hydrogen-bond acceptors (Lipinski definition) is 3. The van der Waals surface area contributed by atoms with E-state index < -0.39 is 6.10 Å². The molecule has 2 N–H and O–H groups in total. The minimum atomic E-state index is -0.445. The topological polar surface area (TPSA) is 41.5 Å². The highest BCUT2D eigenvalue weighted by Crippen LogP contribution is 2.29. The van der Waals surface area contributed by atoms with Crippen LogP contribution in [-0.2, 0) is 0 Å². The Morgan fingerprint density at radius 3 is 2.79 bits per heavy atom. The number of nitrogens with one attached hydrogen (secondary N) is 1. The fourth-order valence-corrected chi connectivity index (χ4v) is 2.73. The Balaban J connectivity index is 1.56. The highest BCUT2D eigenvalue weighted by Gasteiger charge is 2.20. The molecule has 2 rings (SSSR count). The van der Waals surface area contributed by atoms with Crippen molar-refractivity contribution in [2.45, 2.75) is 32.3 Å². The summed E-state index contributed by atoms with van der Waals surface area (Å²) in [5.74, 6) is 2.47. The molecule has 1 aliphatic carbocycles. The van der Waals surface area contributed by atoms with Gasteiger partial charge in [-0.1, -0.05) is 31.5 Å². The van der Waals surface area contributed by atoms with E-state index in [1.807, 2.05) is 30.3 Å². The van der Waals surface area contributed by atoms with Crippen LogP contribution in [0.4, 0.5) is 0 Å². The summed E-state index contributed by atoms with van der Waals surface area (Å²) in [6, 6.07) is 9.62. The quantitative estimate of drug-likeness (QED) is 0.794. The van der Waals surface area contributed by atoms with Crippen LogP contribution in [0, 0.1) is 11.8 Å². The third-order valence-electron chi connectivity index (χ3n) is 3.80. The van der Waals surface area contributed by atoms with E-state index in [2.05, 4.69) is 12.2 Å². The second-order valence-electron chi connectivity index (χ2n) is 5.72. The SMILES string of the molecule is CC1CCC(CNCC(O)COc2ccccc2)C1. The first-order chi connectivity index (χ1) is 9.24. The van der Waals surface area contributed by atoms with Gasteiger partial charge in [0.2, 0.25) is 0 Å². The van der Waals surface area contributed by atoms with Gasteiger partial charge in [-0.15, -0.1) is 0 Å². The molecule has 0 radical (unpaired) electrons. The van der Waals surface area contributed by atoms with E-state index in [4.69, 9.17) is 4.74 Å². The van der Waals surface area contributed by atoms with Crippen LogP contribution in [-0.4, -0.2) is 30.9 Å². The largest absolute Gasteiger partial charge is 0.491 e. The van der Waals surface area contributed by atoms with Gasteiger partial charge < -0.3 is 15.2 Å². The van der Waals surface area contributed by atoms with Crippen molar-refractivity contribution in [1.82, 2.24) is 5.32 Å². The first-order valence-corrected chi connectivity index (χ1v) is 7.30. The van der Waals surface area contributed by atoms with Crippen molar-refractivity contribution in [2.75, 3.05) is 19.7 Å². The molecule has 106 valence electrons. The maximum atomic E-state index is 9.85. The summed E-state index contributed by atoms with van der Waals surface area (Å²) in [7, 11) is 0. The van der Waals surface area contributed by atoms with Crippen molar-refractivity contribution < 1.29 is 9.84 Å². The van der Waals surface area contributed by atoms with Gasteiger partial charge in [-0.05, 0) is 43.4 Å². The molecule has 1 aromatic carbocycles. The Labute approximate surface area is 116 Å². The molecule has 0 heterocycles. The average Bonchev–Trinajstić information content (AvgIpc) is 2.83. The van der Waals surface area contributed by atoms with Gasteiger partial charge in [0.05, 0.1) is 0 Å². The van der Waals surface area contributed by atoms with Gasteiger partial charge >= 0.3 is 0 Å². The zero-order valence-electron chi connectivity index (χ0n) is 11.7. The third-order valence-corrected chi connectivity index (χ3v) is 3.80. The molecular weight excluding hydrogens is 238 g/mol. The molecule has 0 amide bonds. The highest BCUT2D eigenvalue weighted by atomic mass is 16.5. The number of benzene rings is 1. The van der Waals surface area contributed by atoms with Crippen LogP contribution in [0.2, 0.25) is 0 Å². The van der Waals surface area contributed by atoms with Gasteiger partial charge in [-0.3, -0.25) is 0 Å². The molecule has 19 heavy (non-hydrogen) atoms. The first kappa shape index (κ1) is 14.4. The molecule has 3 heteroatoms. The van der Waals surface area contributed by atoms with E-state index in [1.165, 1.54) is 19.3 Å². The normalized spacial score (nSPS) is 24.3. The molecule has 1 saturated carbocycles. The molecule has 0 aliphatic heterocycles. The second-order valence-corrected chi connectivity index (χ2v) is 5.72. The molecule has 1 aromatic rings. The number of rotatable bonds is 7. The van der Waals surface area contributed by atoms with Crippen LogP contribution in [0.1, 0.15) is 26.2 Å². The van der Waals surface area contributed by atoms with E-state index in [9.17, 15) is 5.11 Å². The third kappa shape index (κ3) is 5.21. The van der Waals surface area contributed by atoms with Crippen molar-refractivity contribution in [3.63, 3.8) is 0 Å². The second kappa shape index (κ2) is 7.51. The van der Waals surface area contributed by atoms with Crippen molar-refractivity contribution >= 4 is 0 Å². The molecule has 3 unspecified atom stereocenters. The minimum Gasteiger partial charge on any atom is -0.491 e. The van der Waals surface area contributed by atoms with Gasteiger partial charge in [0.1, 0.15) is 18.5 Å². The predicted molar refractivity (Wildman–Crippen MR) is 77.3 cm³/mol. The summed E-state index contributed by atoms with van der Waals surface area (Å²) in [6.45, 7) is 4.30. The molecule has 3 atom stereocenters. The zero-order valence-corrected chi connectivity index (χ0v) is 11.7. The van der Waals surface area contributed by atoms with Crippen molar-refractivity contribution in [3.8, 4) is 5.75 Å². The number of ether oxygens (including phenoxy) is 1. The van der Waals surface area contributed by atoms with Gasteiger partial charge in [0.15, 0.2) is 0 Å². The summed E-state index contributed by atoms with van der Waals surface area (Å²) < 4.78 is 5.52. The Kier molecular flexibility index (Phi) is 5.67. The van der Waals surface area contributed by atoms with Crippen molar-refractivity contribution in [1.29, 1.82) is 0 Å². The fraction of sp³-hybridized carbons (Fsp3) is 0.625. The highest BCUT2D eigenvalue weighted by molar-refractivity contribution is 5.20. The van der Waals surface area contributed by atoms with E-state index in [0.717, 1.165) is 24.1 Å². The Hall–Kier alpha value is -1.06. The van der Waals surface area contributed by atoms with Crippen LogP contribution in [0.3, 0.4) is 0 Å². The summed E-state index contributed by atoms with van der Waals surface area (Å²) in [5.41, 5.74) is 0. The number of para-hydroxylation sites is 1. The molecule has 3 nitrogen and oxygen atoms in total. The predicted octanol–water partition coefficient (Wildman–Crippen LogP) is 2.45. The van der Waals surface area contributed by atoms with Crippen LogP contribution in [0.5, 0.6) is 5.75 Å². The lowest BCUT2D eigenvalue weighted by atomic mass is 10.1. The summed E-state index contributed by atoms with van der Waals surface area (Å²) in [6.07, 6.45) is 3.56.